The van der Waals surface area contributed by atoms with Gasteiger partial charge in [-0.3, -0.25) is 15.0 Å². The Bertz CT molecular complexity index is 1420. The van der Waals surface area contributed by atoms with Crippen LogP contribution in [0.25, 0.3) is 55.5 Å². The van der Waals surface area contributed by atoms with Crippen molar-refractivity contribution in [1.82, 2.24) is 24.9 Å². The molecule has 0 amide bonds. The summed E-state index contributed by atoms with van der Waals surface area (Å²) in [4.78, 5) is 23.1. The van der Waals surface area contributed by atoms with E-state index in [1.165, 1.54) is 0 Å². The van der Waals surface area contributed by atoms with Gasteiger partial charge in [-0.2, -0.15) is 0 Å². The summed E-state index contributed by atoms with van der Waals surface area (Å²) >= 11 is 0. The Labute approximate surface area is 152 Å². The van der Waals surface area contributed by atoms with E-state index in [-0.39, 0.29) is 0 Å². The molecule has 0 saturated carbocycles. The molecule has 126 valence electrons. The number of pyridine rings is 2. The first-order valence-electron chi connectivity index (χ1n) is 8.52. The topological polar surface area (TPSA) is 77.6 Å². The number of benzene rings is 2. The summed E-state index contributed by atoms with van der Waals surface area (Å²) < 4.78 is 5.86. The number of fused-ring (bicyclic) bond motifs is 7. The molecule has 6 nitrogen and oxygen atoms in total. The van der Waals surface area contributed by atoms with Gasteiger partial charge in [0.2, 0.25) is 5.89 Å². The molecule has 0 radical (unpaired) electrons. The van der Waals surface area contributed by atoms with Crippen LogP contribution in [0.5, 0.6) is 0 Å². The average Bonchev–Trinajstić information content (AvgIpc) is 3.18. The van der Waals surface area contributed by atoms with Crippen molar-refractivity contribution in [3.05, 3.63) is 67.1 Å². The zero-order chi connectivity index (χ0) is 17.8. The van der Waals surface area contributed by atoms with Crippen molar-refractivity contribution < 1.29 is 4.42 Å². The van der Waals surface area contributed by atoms with E-state index < -0.39 is 0 Å². The van der Waals surface area contributed by atoms with Crippen molar-refractivity contribution in [3.63, 3.8) is 0 Å². The van der Waals surface area contributed by atoms with E-state index in [1.54, 1.807) is 18.6 Å². The highest BCUT2D eigenvalue weighted by molar-refractivity contribution is 6.20. The SMILES string of the molecule is c1ccc2oc(-c3cnc4c5cccnc5c5ncccc5c4n3)nc2c1. The molecular formula is C21H11N5O. The molecule has 0 aliphatic carbocycles. The molecule has 0 aliphatic rings. The van der Waals surface area contributed by atoms with Gasteiger partial charge in [-0.25, -0.2) is 9.97 Å². The van der Waals surface area contributed by atoms with Crippen LogP contribution >= 0.6 is 0 Å². The smallest absolute Gasteiger partial charge is 0.247 e. The number of hydrogen-bond donors (Lipinski definition) is 0. The number of rotatable bonds is 1. The molecule has 6 heteroatoms. The lowest BCUT2D eigenvalue weighted by molar-refractivity contribution is 0.617. The van der Waals surface area contributed by atoms with Gasteiger partial charge >= 0.3 is 0 Å². The second-order valence-electron chi connectivity index (χ2n) is 6.24. The third kappa shape index (κ3) is 2.04. The minimum Gasteiger partial charge on any atom is -0.435 e. The molecule has 0 fully saturated rings. The van der Waals surface area contributed by atoms with Crippen molar-refractivity contribution in [1.29, 1.82) is 0 Å². The second-order valence-corrected chi connectivity index (χ2v) is 6.24. The van der Waals surface area contributed by atoms with Crippen molar-refractivity contribution in [2.75, 3.05) is 0 Å². The van der Waals surface area contributed by atoms with E-state index in [2.05, 4.69) is 19.9 Å². The van der Waals surface area contributed by atoms with Crippen LogP contribution in [0.4, 0.5) is 0 Å². The first-order valence-corrected chi connectivity index (χ1v) is 8.52. The summed E-state index contributed by atoms with van der Waals surface area (Å²) in [5, 5.41) is 1.83. The van der Waals surface area contributed by atoms with E-state index in [1.807, 2.05) is 48.5 Å². The minimum atomic E-state index is 0.453. The summed E-state index contributed by atoms with van der Waals surface area (Å²) in [6.07, 6.45) is 5.23. The molecule has 0 atom stereocenters. The molecule has 0 bridgehead atoms. The van der Waals surface area contributed by atoms with Crippen molar-refractivity contribution in [2.45, 2.75) is 0 Å². The van der Waals surface area contributed by atoms with Crippen LogP contribution in [0.15, 0.2) is 71.5 Å². The highest BCUT2D eigenvalue weighted by atomic mass is 16.3. The van der Waals surface area contributed by atoms with Gasteiger partial charge in [-0.15, -0.1) is 0 Å². The molecule has 0 N–H and O–H groups in total. The lowest BCUT2D eigenvalue weighted by Crippen LogP contribution is -1.94. The van der Waals surface area contributed by atoms with Crippen LogP contribution in [0.3, 0.4) is 0 Å². The average molecular weight is 349 g/mol. The van der Waals surface area contributed by atoms with Crippen molar-refractivity contribution in [2.24, 2.45) is 0 Å². The Balaban J connectivity index is 1.72. The van der Waals surface area contributed by atoms with Gasteiger partial charge in [-0.1, -0.05) is 12.1 Å². The molecule has 6 rings (SSSR count). The van der Waals surface area contributed by atoms with Crippen LogP contribution in [0, 0.1) is 0 Å². The fourth-order valence-corrected chi connectivity index (χ4v) is 3.43. The van der Waals surface area contributed by atoms with Gasteiger partial charge in [0.05, 0.1) is 28.3 Å². The van der Waals surface area contributed by atoms with Crippen molar-refractivity contribution >= 4 is 43.9 Å². The molecule has 0 aliphatic heterocycles. The van der Waals surface area contributed by atoms with E-state index in [0.29, 0.717) is 11.6 Å². The van der Waals surface area contributed by atoms with E-state index in [4.69, 9.17) is 9.40 Å². The molecule has 4 aromatic heterocycles. The third-order valence-electron chi connectivity index (χ3n) is 4.64. The largest absolute Gasteiger partial charge is 0.435 e. The Morgan fingerprint density at radius 2 is 1.33 bits per heavy atom. The highest BCUT2D eigenvalue weighted by Crippen LogP contribution is 2.32. The maximum Gasteiger partial charge on any atom is 0.247 e. The normalized spacial score (nSPS) is 11.7. The Morgan fingerprint density at radius 3 is 2.11 bits per heavy atom. The fourth-order valence-electron chi connectivity index (χ4n) is 3.43. The summed E-state index contributed by atoms with van der Waals surface area (Å²) in [6.45, 7) is 0. The molecule has 4 heterocycles. The zero-order valence-corrected chi connectivity index (χ0v) is 14.0. The fraction of sp³-hybridized carbons (Fsp3) is 0. The van der Waals surface area contributed by atoms with Gasteiger partial charge in [0.15, 0.2) is 5.58 Å². The number of nitrogens with zero attached hydrogens (tertiary/aromatic N) is 5. The standard InChI is InChI=1S/C21H11N5O/c1-2-8-16-14(7-1)26-21(27-16)15-11-24-19-12-5-3-9-22-17(12)18-13(20(19)25-15)6-4-10-23-18/h1-11H. The Morgan fingerprint density at radius 1 is 0.630 bits per heavy atom. The van der Waals surface area contributed by atoms with Crippen LogP contribution in [-0.4, -0.2) is 24.9 Å². The van der Waals surface area contributed by atoms with Crippen molar-refractivity contribution in [3.8, 4) is 11.6 Å². The number of hydrogen-bond acceptors (Lipinski definition) is 6. The molecule has 0 spiro atoms. The number of oxazole rings is 1. The van der Waals surface area contributed by atoms with E-state index >= 15 is 0 Å². The van der Waals surface area contributed by atoms with Gasteiger partial charge in [0, 0.05) is 23.2 Å². The molecule has 6 aromatic rings. The maximum atomic E-state index is 5.86. The zero-order valence-electron chi connectivity index (χ0n) is 14.0. The van der Waals surface area contributed by atoms with E-state index in [9.17, 15) is 0 Å². The molecule has 0 saturated heterocycles. The minimum absolute atomic E-state index is 0.453. The van der Waals surface area contributed by atoms with Crippen LogP contribution < -0.4 is 0 Å². The predicted octanol–water partition coefficient (Wildman–Crippen LogP) is 4.53. The second kappa shape index (κ2) is 5.28. The first-order chi connectivity index (χ1) is 13.4. The summed E-state index contributed by atoms with van der Waals surface area (Å²) in [6, 6.07) is 15.4. The lowest BCUT2D eigenvalue weighted by atomic mass is 10.1. The molecule has 27 heavy (non-hydrogen) atoms. The number of aromatic nitrogens is 5. The molecule has 0 unspecified atom stereocenters. The van der Waals surface area contributed by atoms with Gasteiger partial charge in [0.25, 0.3) is 0 Å². The summed E-state index contributed by atoms with van der Waals surface area (Å²) in [5.74, 6) is 0.453. The Kier molecular flexibility index (Phi) is 2.79. The van der Waals surface area contributed by atoms with Crippen LogP contribution in [-0.2, 0) is 0 Å². The number of para-hydroxylation sites is 2. The first kappa shape index (κ1) is 14.3. The maximum absolute atomic E-state index is 5.86. The van der Waals surface area contributed by atoms with Gasteiger partial charge in [0.1, 0.15) is 11.2 Å². The van der Waals surface area contributed by atoms with Crippen LogP contribution in [0.1, 0.15) is 0 Å². The van der Waals surface area contributed by atoms with Gasteiger partial charge in [-0.05, 0) is 36.4 Å². The molecular weight excluding hydrogens is 338 g/mol. The highest BCUT2D eigenvalue weighted by Gasteiger charge is 2.15. The van der Waals surface area contributed by atoms with Crippen LogP contribution in [0.2, 0.25) is 0 Å². The van der Waals surface area contributed by atoms with Gasteiger partial charge < -0.3 is 4.42 Å². The quantitative estimate of drug-likeness (QED) is 0.406. The summed E-state index contributed by atoms with van der Waals surface area (Å²) in [5.41, 5.74) is 5.30. The molecule has 2 aromatic carbocycles. The third-order valence-corrected chi connectivity index (χ3v) is 4.64. The summed E-state index contributed by atoms with van der Waals surface area (Å²) in [7, 11) is 0. The lowest BCUT2D eigenvalue weighted by Gasteiger charge is -2.07. The Hall–Kier alpha value is -3.93. The monoisotopic (exact) mass is 349 g/mol. The van der Waals surface area contributed by atoms with E-state index in [0.717, 1.165) is 43.9 Å². The predicted molar refractivity (Wildman–Crippen MR) is 103 cm³/mol.